The zero-order valence-electron chi connectivity index (χ0n) is 16.0. The Morgan fingerprint density at radius 3 is 2.89 bits per heavy atom. The maximum atomic E-state index is 13.0. The lowest BCUT2D eigenvalue weighted by molar-refractivity contribution is -0.143. The van der Waals surface area contributed by atoms with Gasteiger partial charge in [0.25, 0.3) is 0 Å². The predicted octanol–water partition coefficient (Wildman–Crippen LogP) is 2.71. The van der Waals surface area contributed by atoms with E-state index in [-0.39, 0.29) is 17.9 Å². The molecule has 2 fully saturated rings. The average molecular weight is 389 g/mol. The summed E-state index contributed by atoms with van der Waals surface area (Å²) in [5.41, 5.74) is 2.68. The second-order valence-electron chi connectivity index (χ2n) is 7.83. The van der Waals surface area contributed by atoms with Crippen molar-refractivity contribution in [1.29, 1.82) is 0 Å². The van der Waals surface area contributed by atoms with Gasteiger partial charge in [0.1, 0.15) is 11.8 Å². The topological polar surface area (TPSA) is 49.9 Å². The minimum absolute atomic E-state index is 0.159. The van der Waals surface area contributed by atoms with Crippen molar-refractivity contribution in [3.8, 4) is 5.75 Å². The Morgan fingerprint density at radius 2 is 2.11 bits per heavy atom. The van der Waals surface area contributed by atoms with Gasteiger partial charge < -0.3 is 14.5 Å². The van der Waals surface area contributed by atoms with Crippen LogP contribution in [0.15, 0.2) is 18.2 Å². The van der Waals surface area contributed by atoms with Crippen LogP contribution in [-0.2, 0) is 22.4 Å². The van der Waals surface area contributed by atoms with Gasteiger partial charge in [0.15, 0.2) is 0 Å². The molecule has 1 aromatic carbocycles. The van der Waals surface area contributed by atoms with Crippen molar-refractivity contribution in [2.75, 3.05) is 31.8 Å². The van der Waals surface area contributed by atoms with Crippen LogP contribution in [0.5, 0.6) is 5.75 Å². The molecule has 1 unspecified atom stereocenters. The first-order chi connectivity index (χ1) is 13.2. The largest absolute Gasteiger partial charge is 0.497 e. The number of likely N-dealkylation sites (tertiary alicyclic amines) is 1. The van der Waals surface area contributed by atoms with Crippen LogP contribution in [0.1, 0.15) is 36.8 Å². The number of hydrogen-bond donors (Lipinski definition) is 0. The van der Waals surface area contributed by atoms with E-state index in [0.29, 0.717) is 12.3 Å². The molecule has 4 rings (SSSR count). The Labute approximate surface area is 165 Å². The Bertz CT molecular complexity index is 717. The molecule has 2 aliphatic heterocycles. The quantitative estimate of drug-likeness (QED) is 0.796. The zero-order chi connectivity index (χ0) is 18.8. The van der Waals surface area contributed by atoms with E-state index < -0.39 is 0 Å². The lowest BCUT2D eigenvalue weighted by Crippen LogP contribution is -2.47. The third-order valence-corrected chi connectivity index (χ3v) is 7.10. The Balaban J connectivity index is 1.37. The van der Waals surface area contributed by atoms with Crippen LogP contribution in [0.2, 0.25) is 0 Å². The SMILES string of the molecule is COc1ccc2c(c1)CCC(CC(=O)N1CCC[C@@H]1C(=O)N1CCSC1)C2. The van der Waals surface area contributed by atoms with E-state index in [0.717, 1.165) is 62.6 Å². The fourth-order valence-corrected chi connectivity index (χ4v) is 5.55. The second kappa shape index (κ2) is 8.13. The fourth-order valence-electron chi connectivity index (χ4n) is 4.59. The molecule has 0 aromatic heterocycles. The first kappa shape index (κ1) is 18.7. The molecule has 0 spiro atoms. The number of rotatable bonds is 4. The van der Waals surface area contributed by atoms with E-state index in [1.807, 2.05) is 15.9 Å². The van der Waals surface area contributed by atoms with Gasteiger partial charge in [-0.1, -0.05) is 6.07 Å². The lowest BCUT2D eigenvalue weighted by atomic mass is 9.82. The number of thioether (sulfide) groups is 1. The average Bonchev–Trinajstić information content (AvgIpc) is 3.39. The third-order valence-electron chi connectivity index (χ3n) is 6.13. The number of ether oxygens (including phenoxy) is 1. The molecule has 3 aliphatic rings. The number of amides is 2. The molecular formula is C21H28N2O3S. The first-order valence-electron chi connectivity index (χ1n) is 9.97. The van der Waals surface area contributed by atoms with Crippen molar-refractivity contribution < 1.29 is 14.3 Å². The van der Waals surface area contributed by atoms with Crippen molar-refractivity contribution in [3.05, 3.63) is 29.3 Å². The van der Waals surface area contributed by atoms with Crippen molar-refractivity contribution >= 4 is 23.6 Å². The number of aryl methyl sites for hydroxylation is 1. The smallest absolute Gasteiger partial charge is 0.246 e. The van der Waals surface area contributed by atoms with E-state index in [9.17, 15) is 9.59 Å². The lowest BCUT2D eigenvalue weighted by Gasteiger charge is -2.30. The maximum absolute atomic E-state index is 13.0. The third kappa shape index (κ3) is 3.96. The highest BCUT2D eigenvalue weighted by molar-refractivity contribution is 7.99. The van der Waals surface area contributed by atoms with Crippen LogP contribution in [-0.4, -0.2) is 59.5 Å². The first-order valence-corrected chi connectivity index (χ1v) is 11.1. The summed E-state index contributed by atoms with van der Waals surface area (Å²) in [4.78, 5) is 29.6. The second-order valence-corrected chi connectivity index (χ2v) is 8.91. The fraction of sp³-hybridized carbons (Fsp3) is 0.619. The maximum Gasteiger partial charge on any atom is 0.246 e. The highest BCUT2D eigenvalue weighted by Crippen LogP contribution is 2.32. The van der Waals surface area contributed by atoms with Gasteiger partial charge in [0, 0.05) is 25.3 Å². The van der Waals surface area contributed by atoms with Gasteiger partial charge in [-0.25, -0.2) is 0 Å². The number of carbonyl (C=O) groups excluding carboxylic acids is 2. The number of methoxy groups -OCH3 is 1. The van der Waals surface area contributed by atoms with Gasteiger partial charge in [-0.05, 0) is 61.3 Å². The molecule has 0 N–H and O–H groups in total. The number of benzene rings is 1. The van der Waals surface area contributed by atoms with Gasteiger partial charge in [-0.2, -0.15) is 0 Å². The molecule has 146 valence electrons. The van der Waals surface area contributed by atoms with Crippen LogP contribution in [0.25, 0.3) is 0 Å². The van der Waals surface area contributed by atoms with Gasteiger partial charge >= 0.3 is 0 Å². The summed E-state index contributed by atoms with van der Waals surface area (Å²) < 4.78 is 5.32. The zero-order valence-corrected chi connectivity index (χ0v) is 16.8. The molecule has 0 saturated carbocycles. The Morgan fingerprint density at radius 1 is 1.22 bits per heavy atom. The highest BCUT2D eigenvalue weighted by Gasteiger charge is 2.38. The van der Waals surface area contributed by atoms with Crippen LogP contribution in [0.3, 0.4) is 0 Å². The summed E-state index contributed by atoms with van der Waals surface area (Å²) in [6, 6.07) is 6.04. The van der Waals surface area contributed by atoms with Crippen molar-refractivity contribution in [1.82, 2.24) is 9.80 Å². The number of nitrogens with zero attached hydrogens (tertiary/aromatic N) is 2. The standard InChI is InChI=1S/C21H28N2O3S/c1-26-18-7-6-16-11-15(4-5-17(16)13-18)12-20(24)23-8-2-3-19(23)21(25)22-9-10-27-14-22/h6-7,13,15,19H,2-5,8-12,14H2,1H3/t15?,19-/m1/s1. The van der Waals surface area contributed by atoms with Crippen LogP contribution < -0.4 is 4.74 Å². The molecule has 0 bridgehead atoms. The molecule has 2 amide bonds. The Hall–Kier alpha value is -1.69. The molecule has 1 aromatic rings. The van der Waals surface area contributed by atoms with E-state index in [2.05, 4.69) is 12.1 Å². The van der Waals surface area contributed by atoms with Gasteiger partial charge in [-0.15, -0.1) is 11.8 Å². The molecule has 1 aliphatic carbocycles. The summed E-state index contributed by atoms with van der Waals surface area (Å²) in [5, 5.41) is 0. The van der Waals surface area contributed by atoms with E-state index in [1.54, 1.807) is 18.9 Å². The number of carbonyl (C=O) groups is 2. The molecular weight excluding hydrogens is 360 g/mol. The van der Waals surface area contributed by atoms with Crippen molar-refractivity contribution in [3.63, 3.8) is 0 Å². The predicted molar refractivity (Wildman–Crippen MR) is 107 cm³/mol. The minimum atomic E-state index is -0.226. The summed E-state index contributed by atoms with van der Waals surface area (Å²) in [6.07, 6.45) is 5.29. The van der Waals surface area contributed by atoms with Crippen molar-refractivity contribution in [2.45, 2.75) is 44.6 Å². The van der Waals surface area contributed by atoms with Gasteiger partial charge in [0.05, 0.1) is 13.0 Å². The molecule has 2 heterocycles. The minimum Gasteiger partial charge on any atom is -0.497 e. The van der Waals surface area contributed by atoms with E-state index >= 15 is 0 Å². The van der Waals surface area contributed by atoms with Gasteiger partial charge in [0.2, 0.25) is 11.8 Å². The summed E-state index contributed by atoms with van der Waals surface area (Å²) >= 11 is 1.80. The Kier molecular flexibility index (Phi) is 5.62. The van der Waals surface area contributed by atoms with E-state index in [4.69, 9.17) is 4.74 Å². The van der Waals surface area contributed by atoms with Crippen LogP contribution >= 0.6 is 11.8 Å². The summed E-state index contributed by atoms with van der Waals surface area (Å²) in [7, 11) is 1.70. The van der Waals surface area contributed by atoms with E-state index in [1.165, 1.54) is 11.1 Å². The molecule has 27 heavy (non-hydrogen) atoms. The molecule has 2 saturated heterocycles. The number of hydrogen-bond acceptors (Lipinski definition) is 4. The molecule has 5 nitrogen and oxygen atoms in total. The van der Waals surface area contributed by atoms with Crippen molar-refractivity contribution in [2.24, 2.45) is 5.92 Å². The van der Waals surface area contributed by atoms with Crippen LogP contribution in [0.4, 0.5) is 0 Å². The summed E-state index contributed by atoms with van der Waals surface area (Å²) in [5.74, 6) is 3.39. The van der Waals surface area contributed by atoms with Crippen LogP contribution in [0, 0.1) is 5.92 Å². The number of fused-ring (bicyclic) bond motifs is 1. The molecule has 6 heteroatoms. The summed E-state index contributed by atoms with van der Waals surface area (Å²) in [6.45, 7) is 1.56. The molecule has 0 radical (unpaired) electrons. The highest BCUT2D eigenvalue weighted by atomic mass is 32.2. The molecule has 2 atom stereocenters. The van der Waals surface area contributed by atoms with Gasteiger partial charge in [-0.3, -0.25) is 9.59 Å². The normalized spacial score (nSPS) is 24.8. The monoisotopic (exact) mass is 388 g/mol.